The van der Waals surface area contributed by atoms with Crippen LogP contribution in [0.15, 0.2) is 24.4 Å². The summed E-state index contributed by atoms with van der Waals surface area (Å²) in [6.45, 7) is 2.21. The molecule has 2 heteroatoms. The van der Waals surface area contributed by atoms with Crippen molar-refractivity contribution in [3.8, 4) is 0 Å². The highest BCUT2D eigenvalue weighted by Gasteiger charge is 2.06. The SMILES string of the molecule is CCCCCCc1c[nH]c2c(F)cccc12. The maximum absolute atomic E-state index is 13.4. The van der Waals surface area contributed by atoms with Crippen molar-refractivity contribution >= 4 is 10.9 Å². The Kier molecular flexibility index (Phi) is 3.60. The zero-order valence-electron chi connectivity index (χ0n) is 9.72. The molecule has 0 atom stereocenters. The Balaban J connectivity index is 2.10. The number of fused-ring (bicyclic) bond motifs is 1. The number of H-pyrrole nitrogens is 1. The number of aromatic amines is 1. The predicted octanol–water partition coefficient (Wildman–Crippen LogP) is 4.43. The van der Waals surface area contributed by atoms with Crippen molar-refractivity contribution in [2.75, 3.05) is 0 Å². The topological polar surface area (TPSA) is 15.8 Å². The molecule has 1 heterocycles. The minimum Gasteiger partial charge on any atom is -0.359 e. The lowest BCUT2D eigenvalue weighted by molar-refractivity contribution is 0.637. The van der Waals surface area contributed by atoms with Crippen molar-refractivity contribution in [1.82, 2.24) is 4.98 Å². The highest BCUT2D eigenvalue weighted by molar-refractivity contribution is 5.83. The molecule has 0 aliphatic rings. The Hall–Kier alpha value is -1.31. The first-order chi connectivity index (χ1) is 7.83. The van der Waals surface area contributed by atoms with Gasteiger partial charge in [-0.15, -0.1) is 0 Å². The number of hydrogen-bond acceptors (Lipinski definition) is 0. The van der Waals surface area contributed by atoms with Crippen LogP contribution in [0.1, 0.15) is 38.2 Å². The van der Waals surface area contributed by atoms with E-state index in [-0.39, 0.29) is 5.82 Å². The highest BCUT2D eigenvalue weighted by atomic mass is 19.1. The van der Waals surface area contributed by atoms with Crippen LogP contribution in [0.25, 0.3) is 10.9 Å². The van der Waals surface area contributed by atoms with Crippen molar-refractivity contribution in [3.63, 3.8) is 0 Å². The summed E-state index contributed by atoms with van der Waals surface area (Å²) in [5.41, 5.74) is 1.89. The first kappa shape index (κ1) is 11.2. The van der Waals surface area contributed by atoms with Crippen LogP contribution in [0.2, 0.25) is 0 Å². The maximum Gasteiger partial charge on any atom is 0.147 e. The van der Waals surface area contributed by atoms with Gasteiger partial charge in [-0.2, -0.15) is 0 Å². The Morgan fingerprint density at radius 2 is 2.06 bits per heavy atom. The smallest absolute Gasteiger partial charge is 0.147 e. The monoisotopic (exact) mass is 219 g/mol. The van der Waals surface area contributed by atoms with Gasteiger partial charge in [0, 0.05) is 11.6 Å². The molecule has 0 saturated heterocycles. The predicted molar refractivity (Wildman–Crippen MR) is 66.1 cm³/mol. The summed E-state index contributed by atoms with van der Waals surface area (Å²) in [5, 5.41) is 1.04. The zero-order chi connectivity index (χ0) is 11.4. The maximum atomic E-state index is 13.4. The minimum atomic E-state index is -0.155. The molecule has 0 unspecified atom stereocenters. The van der Waals surface area contributed by atoms with Crippen LogP contribution in [0, 0.1) is 5.82 Å². The molecular formula is C14H18FN. The quantitative estimate of drug-likeness (QED) is 0.716. The lowest BCUT2D eigenvalue weighted by Gasteiger charge is -1.99. The van der Waals surface area contributed by atoms with Crippen molar-refractivity contribution in [3.05, 3.63) is 35.8 Å². The lowest BCUT2D eigenvalue weighted by atomic mass is 10.1. The molecule has 2 rings (SSSR count). The number of nitrogens with one attached hydrogen (secondary N) is 1. The second kappa shape index (κ2) is 5.15. The number of unbranched alkanes of at least 4 members (excludes halogenated alkanes) is 3. The van der Waals surface area contributed by atoms with Crippen LogP contribution in [-0.4, -0.2) is 4.98 Å². The fraction of sp³-hybridized carbons (Fsp3) is 0.429. The number of para-hydroxylation sites is 1. The molecule has 0 aliphatic carbocycles. The molecular weight excluding hydrogens is 201 g/mol. The van der Waals surface area contributed by atoms with E-state index in [1.165, 1.54) is 37.3 Å². The van der Waals surface area contributed by atoms with E-state index < -0.39 is 0 Å². The molecule has 1 aromatic heterocycles. The van der Waals surface area contributed by atoms with Crippen molar-refractivity contribution in [1.29, 1.82) is 0 Å². The summed E-state index contributed by atoms with van der Waals surface area (Å²) in [6, 6.07) is 5.27. The third-order valence-corrected chi connectivity index (χ3v) is 3.05. The molecule has 0 fully saturated rings. The number of hydrogen-bond donors (Lipinski definition) is 1. The van der Waals surface area contributed by atoms with Gasteiger partial charge in [-0.25, -0.2) is 4.39 Å². The number of halogens is 1. The summed E-state index contributed by atoms with van der Waals surface area (Å²) < 4.78 is 13.4. The van der Waals surface area contributed by atoms with E-state index in [1.807, 2.05) is 12.3 Å². The molecule has 2 aromatic rings. The molecule has 86 valence electrons. The first-order valence-corrected chi connectivity index (χ1v) is 6.07. The van der Waals surface area contributed by atoms with E-state index in [0.717, 1.165) is 11.8 Å². The van der Waals surface area contributed by atoms with E-state index >= 15 is 0 Å². The van der Waals surface area contributed by atoms with Crippen LogP contribution in [0.4, 0.5) is 4.39 Å². The third-order valence-electron chi connectivity index (χ3n) is 3.05. The number of aromatic nitrogens is 1. The van der Waals surface area contributed by atoms with Crippen LogP contribution in [-0.2, 0) is 6.42 Å². The summed E-state index contributed by atoms with van der Waals surface area (Å²) in [6.07, 6.45) is 7.98. The zero-order valence-corrected chi connectivity index (χ0v) is 9.72. The molecule has 0 bridgehead atoms. The summed E-state index contributed by atoms with van der Waals surface area (Å²) in [4.78, 5) is 3.02. The Morgan fingerprint density at radius 3 is 2.88 bits per heavy atom. The van der Waals surface area contributed by atoms with E-state index in [1.54, 1.807) is 6.07 Å². The fourth-order valence-corrected chi connectivity index (χ4v) is 2.12. The largest absolute Gasteiger partial charge is 0.359 e. The van der Waals surface area contributed by atoms with Crippen molar-refractivity contribution in [2.45, 2.75) is 39.0 Å². The van der Waals surface area contributed by atoms with Crippen LogP contribution in [0.3, 0.4) is 0 Å². The van der Waals surface area contributed by atoms with Crippen LogP contribution in [0.5, 0.6) is 0 Å². The summed E-state index contributed by atoms with van der Waals surface area (Å²) >= 11 is 0. The average molecular weight is 219 g/mol. The Labute approximate surface area is 95.7 Å². The van der Waals surface area contributed by atoms with Crippen molar-refractivity contribution in [2.24, 2.45) is 0 Å². The van der Waals surface area contributed by atoms with Gasteiger partial charge in [-0.3, -0.25) is 0 Å². The minimum absolute atomic E-state index is 0.155. The molecule has 0 spiro atoms. The standard InChI is InChI=1S/C14H18FN/c1-2-3-4-5-7-11-10-16-14-12(11)8-6-9-13(14)15/h6,8-10,16H,2-5,7H2,1H3. The molecule has 0 aliphatic heterocycles. The number of benzene rings is 1. The molecule has 0 radical (unpaired) electrons. The first-order valence-electron chi connectivity index (χ1n) is 6.07. The van der Waals surface area contributed by atoms with Gasteiger partial charge >= 0.3 is 0 Å². The second-order valence-electron chi connectivity index (χ2n) is 4.29. The van der Waals surface area contributed by atoms with Gasteiger partial charge in [0.25, 0.3) is 0 Å². The Morgan fingerprint density at radius 1 is 1.19 bits per heavy atom. The third kappa shape index (κ3) is 2.26. The van der Waals surface area contributed by atoms with Crippen molar-refractivity contribution < 1.29 is 4.39 Å². The van der Waals surface area contributed by atoms with E-state index in [4.69, 9.17) is 0 Å². The van der Waals surface area contributed by atoms with Gasteiger partial charge in [-0.05, 0) is 24.5 Å². The second-order valence-corrected chi connectivity index (χ2v) is 4.29. The Bertz CT molecular complexity index is 459. The van der Waals surface area contributed by atoms with Gasteiger partial charge in [0.1, 0.15) is 5.82 Å². The molecule has 1 nitrogen and oxygen atoms in total. The summed E-state index contributed by atoms with van der Waals surface area (Å²) in [5.74, 6) is -0.155. The molecule has 0 amide bonds. The molecule has 1 aromatic carbocycles. The van der Waals surface area contributed by atoms with E-state index in [0.29, 0.717) is 5.52 Å². The van der Waals surface area contributed by atoms with Gasteiger partial charge in [0.2, 0.25) is 0 Å². The molecule has 1 N–H and O–H groups in total. The lowest BCUT2D eigenvalue weighted by Crippen LogP contribution is -1.84. The van der Waals surface area contributed by atoms with Gasteiger partial charge in [0.15, 0.2) is 0 Å². The van der Waals surface area contributed by atoms with Gasteiger partial charge in [0.05, 0.1) is 5.52 Å². The van der Waals surface area contributed by atoms with Crippen LogP contribution >= 0.6 is 0 Å². The fourth-order valence-electron chi connectivity index (χ4n) is 2.12. The van der Waals surface area contributed by atoms with E-state index in [9.17, 15) is 4.39 Å². The highest BCUT2D eigenvalue weighted by Crippen LogP contribution is 2.22. The average Bonchev–Trinajstić information content (AvgIpc) is 2.70. The molecule has 0 saturated carbocycles. The normalized spacial score (nSPS) is 11.1. The number of aryl methyl sites for hydroxylation is 1. The summed E-state index contributed by atoms with van der Waals surface area (Å²) in [7, 11) is 0. The van der Waals surface area contributed by atoms with Crippen LogP contribution < -0.4 is 0 Å². The van der Waals surface area contributed by atoms with Gasteiger partial charge in [-0.1, -0.05) is 38.3 Å². The molecule has 16 heavy (non-hydrogen) atoms. The van der Waals surface area contributed by atoms with E-state index in [2.05, 4.69) is 11.9 Å². The number of rotatable bonds is 5. The van der Waals surface area contributed by atoms with Gasteiger partial charge < -0.3 is 4.98 Å².